The summed E-state index contributed by atoms with van der Waals surface area (Å²) in [5.74, 6) is -0.173. The average Bonchev–Trinajstić information content (AvgIpc) is 3.52. The number of benzene rings is 4. The van der Waals surface area contributed by atoms with Crippen LogP contribution in [0.2, 0.25) is 0 Å². The maximum absolute atomic E-state index is 15.5. The van der Waals surface area contributed by atoms with Crippen molar-refractivity contribution in [2.24, 2.45) is 5.92 Å². The summed E-state index contributed by atoms with van der Waals surface area (Å²) in [6.07, 6.45) is 12.4. The number of ketones is 1. The Balaban J connectivity index is 1.49. The van der Waals surface area contributed by atoms with Crippen LogP contribution in [0, 0.1) is 11.7 Å². The van der Waals surface area contributed by atoms with Gasteiger partial charge in [-0.25, -0.2) is 9.37 Å². The molecule has 0 N–H and O–H groups in total. The zero-order chi connectivity index (χ0) is 28.1. The molecule has 41 heavy (non-hydrogen) atoms. The maximum Gasteiger partial charge on any atom is 0.158 e. The molecule has 3 nitrogen and oxygen atoms in total. The molecule has 1 aliphatic rings. The van der Waals surface area contributed by atoms with Gasteiger partial charge in [0.2, 0.25) is 0 Å². The van der Waals surface area contributed by atoms with Gasteiger partial charge in [0, 0.05) is 17.7 Å². The van der Waals surface area contributed by atoms with E-state index >= 15 is 4.39 Å². The number of hydrogen-bond acceptors (Lipinski definition) is 2. The summed E-state index contributed by atoms with van der Waals surface area (Å²) >= 11 is 0. The Kier molecular flexibility index (Phi) is 7.73. The molecule has 6 rings (SSSR count). The van der Waals surface area contributed by atoms with Crippen LogP contribution in [0.3, 0.4) is 0 Å². The van der Waals surface area contributed by atoms with E-state index in [1.54, 1.807) is 24.5 Å². The highest BCUT2D eigenvalue weighted by Gasteiger charge is 2.38. The second-order valence-electron chi connectivity index (χ2n) is 10.7. The first-order valence-corrected chi connectivity index (χ1v) is 14.4. The van der Waals surface area contributed by atoms with Gasteiger partial charge in [-0.1, -0.05) is 128 Å². The third kappa shape index (κ3) is 5.18. The number of halogens is 1. The minimum atomic E-state index is -0.743. The fraction of sp³-hybridized carbons (Fsp3) is 0.189. The van der Waals surface area contributed by atoms with Crippen molar-refractivity contribution in [2.45, 2.75) is 37.6 Å². The number of carbonyl (C=O) groups excluding carboxylic acids is 1. The van der Waals surface area contributed by atoms with Crippen molar-refractivity contribution in [3.63, 3.8) is 0 Å². The van der Waals surface area contributed by atoms with Crippen molar-refractivity contribution in [1.29, 1.82) is 0 Å². The number of rotatable bonds is 8. The lowest BCUT2D eigenvalue weighted by Gasteiger charge is -2.37. The van der Waals surface area contributed by atoms with Gasteiger partial charge in [-0.05, 0) is 47.2 Å². The molecule has 0 aliphatic heterocycles. The van der Waals surface area contributed by atoms with Crippen molar-refractivity contribution < 1.29 is 9.18 Å². The van der Waals surface area contributed by atoms with E-state index in [1.165, 1.54) is 12.5 Å². The Morgan fingerprint density at radius 2 is 1.32 bits per heavy atom. The second-order valence-corrected chi connectivity index (χ2v) is 10.7. The molecule has 4 aromatic carbocycles. The van der Waals surface area contributed by atoms with E-state index in [0.717, 1.165) is 42.4 Å². The first kappa shape index (κ1) is 26.6. The molecule has 0 radical (unpaired) electrons. The molecule has 0 saturated heterocycles. The number of hydrogen-bond donors (Lipinski definition) is 0. The summed E-state index contributed by atoms with van der Waals surface area (Å²) in [5, 5.41) is 0. The summed E-state index contributed by atoms with van der Waals surface area (Å²) in [4.78, 5) is 17.7. The highest BCUT2D eigenvalue weighted by molar-refractivity contribution is 5.96. The topological polar surface area (TPSA) is 34.9 Å². The smallest absolute Gasteiger partial charge is 0.158 e. The van der Waals surface area contributed by atoms with Gasteiger partial charge < -0.3 is 4.57 Å². The largest absolute Gasteiger partial charge is 0.318 e. The van der Waals surface area contributed by atoms with Crippen molar-refractivity contribution >= 4 is 11.9 Å². The zero-order valence-electron chi connectivity index (χ0n) is 23.0. The van der Waals surface area contributed by atoms with E-state index in [9.17, 15) is 4.79 Å². The van der Waals surface area contributed by atoms with Crippen LogP contribution in [0.1, 0.15) is 54.4 Å². The Bertz CT molecular complexity index is 1540. The van der Waals surface area contributed by atoms with Gasteiger partial charge in [-0.2, -0.15) is 0 Å². The average molecular weight is 541 g/mol. The molecule has 1 aromatic heterocycles. The molecule has 0 spiro atoms. The number of aromatic nitrogens is 2. The molecule has 0 atom stereocenters. The van der Waals surface area contributed by atoms with Crippen LogP contribution in [0.25, 0.3) is 17.3 Å². The predicted molar refractivity (Wildman–Crippen MR) is 163 cm³/mol. The van der Waals surface area contributed by atoms with Crippen molar-refractivity contribution in [3.05, 3.63) is 156 Å². The number of carbonyl (C=O) groups is 1. The minimum Gasteiger partial charge on any atom is -0.318 e. The van der Waals surface area contributed by atoms with Crippen LogP contribution in [-0.2, 0) is 10.3 Å². The predicted octanol–water partition coefficient (Wildman–Crippen LogP) is 8.69. The van der Waals surface area contributed by atoms with E-state index < -0.39 is 5.54 Å². The zero-order valence-corrected chi connectivity index (χ0v) is 23.0. The van der Waals surface area contributed by atoms with Crippen LogP contribution in [0.5, 0.6) is 0 Å². The van der Waals surface area contributed by atoms with Gasteiger partial charge >= 0.3 is 0 Å². The second kappa shape index (κ2) is 11.9. The van der Waals surface area contributed by atoms with Crippen LogP contribution >= 0.6 is 0 Å². The number of nitrogens with zero attached hydrogens (tertiary/aromatic N) is 2. The fourth-order valence-electron chi connectivity index (χ4n) is 6.27. The fourth-order valence-corrected chi connectivity index (χ4v) is 6.27. The van der Waals surface area contributed by atoms with Gasteiger partial charge in [-0.15, -0.1) is 0 Å². The third-order valence-corrected chi connectivity index (χ3v) is 8.28. The van der Waals surface area contributed by atoms with Crippen LogP contribution in [-0.4, -0.2) is 15.3 Å². The third-order valence-electron chi connectivity index (χ3n) is 8.28. The van der Waals surface area contributed by atoms with Gasteiger partial charge in [0.25, 0.3) is 0 Å². The first-order chi connectivity index (χ1) is 20.2. The first-order valence-electron chi connectivity index (χ1n) is 14.4. The summed E-state index contributed by atoms with van der Waals surface area (Å²) in [5.41, 5.74) is 3.99. The lowest BCUT2D eigenvalue weighted by molar-refractivity contribution is -0.119. The lowest BCUT2D eigenvalue weighted by Crippen LogP contribution is -2.36. The molecule has 0 bridgehead atoms. The van der Waals surface area contributed by atoms with Gasteiger partial charge in [-0.3, -0.25) is 4.79 Å². The van der Waals surface area contributed by atoms with E-state index in [0.29, 0.717) is 16.8 Å². The molecule has 1 aliphatic carbocycles. The molecule has 204 valence electrons. The molecule has 1 fully saturated rings. The normalized spacial score (nSPS) is 14.4. The number of imidazole rings is 1. The number of allylic oxidation sites excluding steroid dienone is 1. The van der Waals surface area contributed by atoms with E-state index in [4.69, 9.17) is 4.98 Å². The van der Waals surface area contributed by atoms with Crippen molar-refractivity contribution in [2.75, 3.05) is 0 Å². The molecular formula is C37H33FN2O. The van der Waals surface area contributed by atoms with E-state index in [-0.39, 0.29) is 17.5 Å². The Morgan fingerprint density at radius 1 is 0.756 bits per heavy atom. The quantitative estimate of drug-likeness (QED) is 0.146. The molecule has 1 heterocycles. The highest BCUT2D eigenvalue weighted by atomic mass is 19.1. The molecule has 0 unspecified atom stereocenters. The van der Waals surface area contributed by atoms with Gasteiger partial charge in [0.1, 0.15) is 11.4 Å². The van der Waals surface area contributed by atoms with E-state index in [1.807, 2.05) is 66.9 Å². The molecular weight excluding hydrogens is 507 g/mol. The Hall–Kier alpha value is -4.57. The standard InChI is InChI=1S/C37H33FN2O/c38-33-23-13-16-29(24-25-35(41)28-14-5-1-6-15-28)36(33)34-26-40(27-39-34)37(30-17-7-2-8-18-30,31-19-9-3-10-20-31)32-21-11-4-12-22-32/h2-4,7-13,16-28H,1,5-6,14-15H2/b25-24+. The van der Waals surface area contributed by atoms with Crippen molar-refractivity contribution in [1.82, 2.24) is 9.55 Å². The molecule has 5 aromatic rings. The monoisotopic (exact) mass is 540 g/mol. The van der Waals surface area contributed by atoms with E-state index in [2.05, 4.69) is 41.0 Å². The Morgan fingerprint density at radius 3 is 1.88 bits per heavy atom. The summed E-state index contributed by atoms with van der Waals surface area (Å²) in [6, 6.07) is 36.0. The molecule has 4 heteroatoms. The lowest BCUT2D eigenvalue weighted by atomic mass is 9.77. The summed E-state index contributed by atoms with van der Waals surface area (Å²) in [7, 11) is 0. The summed E-state index contributed by atoms with van der Waals surface area (Å²) < 4.78 is 17.6. The van der Waals surface area contributed by atoms with Crippen molar-refractivity contribution in [3.8, 4) is 11.3 Å². The SMILES string of the molecule is O=C(/C=C/c1cccc(F)c1-c1cn(C(c2ccccc2)(c2ccccc2)c2ccccc2)cn1)C1CCCCC1. The molecule has 1 saturated carbocycles. The highest BCUT2D eigenvalue weighted by Crippen LogP contribution is 2.42. The maximum atomic E-state index is 15.5. The Labute approximate surface area is 241 Å². The van der Waals surface area contributed by atoms with Crippen LogP contribution in [0.4, 0.5) is 4.39 Å². The molecule has 0 amide bonds. The van der Waals surface area contributed by atoms with Gasteiger partial charge in [0.15, 0.2) is 5.78 Å². The van der Waals surface area contributed by atoms with Gasteiger partial charge in [0.05, 0.1) is 12.0 Å². The van der Waals surface area contributed by atoms with Crippen LogP contribution in [0.15, 0.2) is 128 Å². The summed E-state index contributed by atoms with van der Waals surface area (Å²) in [6.45, 7) is 0. The minimum absolute atomic E-state index is 0.0689. The van der Waals surface area contributed by atoms with Crippen LogP contribution < -0.4 is 0 Å².